The Hall–Kier alpha value is -2.69. The van der Waals surface area contributed by atoms with Gasteiger partial charge in [0.2, 0.25) is 11.8 Å². The fourth-order valence-electron chi connectivity index (χ4n) is 3.18. The Bertz CT molecular complexity index is 848. The van der Waals surface area contributed by atoms with Gasteiger partial charge in [-0.2, -0.15) is 0 Å². The minimum absolute atomic E-state index is 0.0678. The van der Waals surface area contributed by atoms with E-state index < -0.39 is 0 Å². The van der Waals surface area contributed by atoms with E-state index in [-0.39, 0.29) is 29.5 Å². The van der Waals surface area contributed by atoms with Crippen molar-refractivity contribution in [2.75, 3.05) is 10.6 Å². The first kappa shape index (κ1) is 17.1. The van der Waals surface area contributed by atoms with Gasteiger partial charge < -0.3 is 10.6 Å². The van der Waals surface area contributed by atoms with Crippen molar-refractivity contribution in [3.05, 3.63) is 58.9 Å². The highest BCUT2D eigenvalue weighted by Crippen LogP contribution is 2.48. The molecule has 5 heteroatoms. The van der Waals surface area contributed by atoms with Gasteiger partial charge in [0.1, 0.15) is 5.82 Å². The van der Waals surface area contributed by atoms with Crippen molar-refractivity contribution in [3.8, 4) is 0 Å². The van der Waals surface area contributed by atoms with E-state index >= 15 is 0 Å². The van der Waals surface area contributed by atoms with Crippen LogP contribution in [0.5, 0.6) is 0 Å². The van der Waals surface area contributed by atoms with Crippen LogP contribution in [0.1, 0.15) is 36.0 Å². The Morgan fingerprint density at radius 2 is 1.80 bits per heavy atom. The fourth-order valence-corrected chi connectivity index (χ4v) is 3.18. The molecule has 0 bridgehead atoms. The van der Waals surface area contributed by atoms with Gasteiger partial charge in [0.15, 0.2) is 0 Å². The minimum Gasteiger partial charge on any atom is -0.326 e. The highest BCUT2D eigenvalue weighted by molar-refractivity contribution is 5.98. The lowest BCUT2D eigenvalue weighted by Crippen LogP contribution is -2.17. The van der Waals surface area contributed by atoms with E-state index in [4.69, 9.17) is 0 Å². The summed E-state index contributed by atoms with van der Waals surface area (Å²) in [6.45, 7) is 5.21. The molecule has 1 saturated carbocycles. The molecule has 0 saturated heterocycles. The summed E-state index contributed by atoms with van der Waals surface area (Å²) in [4.78, 5) is 23.9. The van der Waals surface area contributed by atoms with Gasteiger partial charge in [-0.15, -0.1) is 0 Å². The minimum atomic E-state index is -0.262. The van der Waals surface area contributed by atoms with E-state index in [2.05, 4.69) is 10.6 Å². The van der Waals surface area contributed by atoms with Gasteiger partial charge in [-0.05, 0) is 55.0 Å². The van der Waals surface area contributed by atoms with Crippen molar-refractivity contribution >= 4 is 23.2 Å². The van der Waals surface area contributed by atoms with Crippen LogP contribution in [0.4, 0.5) is 15.8 Å². The molecule has 2 atom stereocenters. The zero-order chi connectivity index (χ0) is 18.1. The van der Waals surface area contributed by atoms with E-state index in [1.54, 1.807) is 18.2 Å². The number of halogens is 1. The van der Waals surface area contributed by atoms with E-state index in [0.29, 0.717) is 23.4 Å². The second kappa shape index (κ2) is 6.67. The highest BCUT2D eigenvalue weighted by atomic mass is 19.1. The maximum absolute atomic E-state index is 13.9. The molecule has 0 spiro atoms. The number of anilines is 2. The van der Waals surface area contributed by atoms with E-state index in [0.717, 1.165) is 11.1 Å². The second-order valence-corrected chi connectivity index (χ2v) is 6.57. The summed E-state index contributed by atoms with van der Waals surface area (Å²) in [7, 11) is 0. The van der Waals surface area contributed by atoms with Crippen molar-refractivity contribution < 1.29 is 14.0 Å². The zero-order valence-electron chi connectivity index (χ0n) is 14.5. The summed E-state index contributed by atoms with van der Waals surface area (Å²) in [6, 6.07) is 10.3. The number of benzene rings is 2. The molecule has 1 fully saturated rings. The summed E-state index contributed by atoms with van der Waals surface area (Å²) in [5, 5.41) is 5.72. The number of aryl methyl sites for hydroxylation is 1. The van der Waals surface area contributed by atoms with Crippen LogP contribution >= 0.6 is 0 Å². The topological polar surface area (TPSA) is 58.2 Å². The van der Waals surface area contributed by atoms with Crippen molar-refractivity contribution in [2.45, 2.75) is 33.1 Å². The van der Waals surface area contributed by atoms with Crippen LogP contribution in [0.2, 0.25) is 0 Å². The van der Waals surface area contributed by atoms with Crippen LogP contribution in [0, 0.1) is 25.6 Å². The normalized spacial score (nSPS) is 18.6. The van der Waals surface area contributed by atoms with Gasteiger partial charge in [0.05, 0.1) is 0 Å². The molecule has 2 amide bonds. The van der Waals surface area contributed by atoms with E-state index in [1.165, 1.54) is 13.0 Å². The van der Waals surface area contributed by atoms with Crippen molar-refractivity contribution in [1.29, 1.82) is 0 Å². The van der Waals surface area contributed by atoms with Crippen LogP contribution in [-0.2, 0) is 9.59 Å². The molecule has 2 aromatic carbocycles. The third-order valence-corrected chi connectivity index (χ3v) is 4.66. The number of hydrogen-bond donors (Lipinski definition) is 2. The summed E-state index contributed by atoms with van der Waals surface area (Å²) >= 11 is 0. The summed E-state index contributed by atoms with van der Waals surface area (Å²) in [5.74, 6) is -0.823. The van der Waals surface area contributed by atoms with Crippen LogP contribution in [-0.4, -0.2) is 11.8 Å². The van der Waals surface area contributed by atoms with Crippen LogP contribution in [0.3, 0.4) is 0 Å². The SMILES string of the molecule is CC(=O)Nc1c(C)ccc(NC(=O)[C@@H]2C[C@@H]2c2ccccc2F)c1C. The molecule has 4 nitrogen and oxygen atoms in total. The van der Waals surface area contributed by atoms with Crippen LogP contribution in [0.15, 0.2) is 36.4 Å². The standard InChI is InChI=1S/C20H21FN2O2/c1-11-8-9-18(12(2)19(11)22-13(3)24)23-20(25)16-10-15(16)14-6-4-5-7-17(14)21/h4-9,15-16H,10H2,1-3H3,(H,22,24)(H,23,25)/t15-,16-/m1/s1. The smallest absolute Gasteiger partial charge is 0.228 e. The van der Waals surface area contributed by atoms with Gasteiger partial charge >= 0.3 is 0 Å². The van der Waals surface area contributed by atoms with Gasteiger partial charge in [0.25, 0.3) is 0 Å². The molecule has 0 aliphatic heterocycles. The van der Waals surface area contributed by atoms with E-state index in [9.17, 15) is 14.0 Å². The lowest BCUT2D eigenvalue weighted by molar-refractivity contribution is -0.117. The molecule has 1 aliphatic rings. The van der Waals surface area contributed by atoms with Crippen molar-refractivity contribution in [3.63, 3.8) is 0 Å². The predicted octanol–water partition coefficient (Wildman–Crippen LogP) is 4.14. The molecule has 2 N–H and O–H groups in total. The Labute approximate surface area is 146 Å². The number of hydrogen-bond acceptors (Lipinski definition) is 2. The molecule has 0 unspecified atom stereocenters. The van der Waals surface area contributed by atoms with Crippen LogP contribution in [0.25, 0.3) is 0 Å². The first-order valence-electron chi connectivity index (χ1n) is 8.31. The third-order valence-electron chi connectivity index (χ3n) is 4.66. The number of nitrogens with one attached hydrogen (secondary N) is 2. The molecule has 0 aromatic heterocycles. The third kappa shape index (κ3) is 3.55. The van der Waals surface area contributed by atoms with Crippen molar-refractivity contribution in [2.24, 2.45) is 5.92 Å². The predicted molar refractivity (Wildman–Crippen MR) is 96.1 cm³/mol. The molecule has 0 radical (unpaired) electrons. The largest absolute Gasteiger partial charge is 0.326 e. The Morgan fingerprint density at radius 3 is 2.48 bits per heavy atom. The lowest BCUT2D eigenvalue weighted by atomic mass is 10.1. The first-order valence-corrected chi connectivity index (χ1v) is 8.31. The Morgan fingerprint density at radius 1 is 1.08 bits per heavy atom. The monoisotopic (exact) mass is 340 g/mol. The average molecular weight is 340 g/mol. The van der Waals surface area contributed by atoms with Gasteiger partial charge in [-0.25, -0.2) is 4.39 Å². The lowest BCUT2D eigenvalue weighted by Gasteiger charge is -2.15. The van der Waals surface area contributed by atoms with Gasteiger partial charge in [-0.3, -0.25) is 9.59 Å². The molecule has 0 heterocycles. The van der Waals surface area contributed by atoms with Gasteiger partial charge in [-0.1, -0.05) is 24.3 Å². The van der Waals surface area contributed by atoms with Crippen molar-refractivity contribution in [1.82, 2.24) is 0 Å². The average Bonchev–Trinajstić information content (AvgIpc) is 3.35. The Kier molecular flexibility index (Phi) is 4.57. The fraction of sp³-hybridized carbons (Fsp3) is 0.300. The molecule has 2 aromatic rings. The van der Waals surface area contributed by atoms with Gasteiger partial charge in [0, 0.05) is 24.2 Å². The summed E-state index contributed by atoms with van der Waals surface area (Å²) in [6.07, 6.45) is 0.649. The summed E-state index contributed by atoms with van der Waals surface area (Å²) in [5.41, 5.74) is 3.72. The number of carbonyl (C=O) groups excluding carboxylic acids is 2. The maximum Gasteiger partial charge on any atom is 0.228 e. The number of carbonyl (C=O) groups is 2. The van der Waals surface area contributed by atoms with E-state index in [1.807, 2.05) is 26.0 Å². The molecule has 3 rings (SSSR count). The quantitative estimate of drug-likeness (QED) is 0.879. The zero-order valence-corrected chi connectivity index (χ0v) is 14.5. The Balaban J connectivity index is 1.74. The molecule has 25 heavy (non-hydrogen) atoms. The summed E-state index contributed by atoms with van der Waals surface area (Å²) < 4.78 is 13.9. The first-order chi connectivity index (χ1) is 11.9. The number of rotatable bonds is 4. The number of amides is 2. The highest BCUT2D eigenvalue weighted by Gasteiger charge is 2.45. The molecular weight excluding hydrogens is 319 g/mol. The van der Waals surface area contributed by atoms with Crippen LogP contribution < -0.4 is 10.6 Å². The second-order valence-electron chi connectivity index (χ2n) is 6.57. The molecule has 1 aliphatic carbocycles. The molecule has 130 valence electrons. The maximum atomic E-state index is 13.9. The molecular formula is C20H21FN2O2.